The molecule has 1 atom stereocenters. The third-order valence-electron chi connectivity index (χ3n) is 2.98. The topological polar surface area (TPSA) is 20.3 Å². The van der Waals surface area contributed by atoms with Crippen LogP contribution in [0.3, 0.4) is 0 Å². The van der Waals surface area contributed by atoms with Gasteiger partial charge in [0.25, 0.3) is 5.91 Å². The minimum atomic E-state index is -0.275. The number of hydrogen-bond donors (Lipinski definition) is 0. The summed E-state index contributed by atoms with van der Waals surface area (Å²) in [7, 11) is 1.77. The number of hydrogen-bond acceptors (Lipinski definition) is 1. The molecule has 0 saturated heterocycles. The highest BCUT2D eigenvalue weighted by Crippen LogP contribution is 2.13. The maximum atomic E-state index is 13.1. The number of nitrogens with zero attached hydrogens (tertiary/aromatic N) is 1. The lowest BCUT2D eigenvalue weighted by atomic mass is 10.1. The van der Waals surface area contributed by atoms with Gasteiger partial charge in [-0.3, -0.25) is 4.79 Å². The highest BCUT2D eigenvalue weighted by atomic mass is 19.1. The van der Waals surface area contributed by atoms with Crippen molar-refractivity contribution in [1.82, 2.24) is 4.90 Å². The van der Waals surface area contributed by atoms with E-state index in [1.54, 1.807) is 24.9 Å². The minimum absolute atomic E-state index is 0.0579. The van der Waals surface area contributed by atoms with Crippen LogP contribution in [-0.2, 0) is 0 Å². The van der Waals surface area contributed by atoms with Crippen molar-refractivity contribution < 1.29 is 9.18 Å². The molecule has 0 heterocycles. The van der Waals surface area contributed by atoms with E-state index in [2.05, 4.69) is 0 Å². The quantitative estimate of drug-likeness (QED) is 0.771. The van der Waals surface area contributed by atoms with E-state index >= 15 is 0 Å². The summed E-state index contributed by atoms with van der Waals surface area (Å²) in [5.74, 6) is -0.333. The number of halogens is 1. The molecule has 1 aromatic rings. The summed E-state index contributed by atoms with van der Waals surface area (Å²) in [6.07, 6.45) is 0.905. The molecule has 1 amide bonds. The van der Waals surface area contributed by atoms with Crippen LogP contribution in [0.1, 0.15) is 36.2 Å². The van der Waals surface area contributed by atoms with Gasteiger partial charge in [-0.05, 0) is 44.0 Å². The molecule has 1 aromatic carbocycles. The van der Waals surface area contributed by atoms with Crippen LogP contribution in [0.15, 0.2) is 18.2 Å². The standard InChI is InChI=1S/C13H18FNO/c1-5-10(3)15(4)13(16)11-6-7-12(14)9(2)8-11/h6-8,10H,5H2,1-4H3. The molecule has 0 spiro atoms. The lowest BCUT2D eigenvalue weighted by molar-refractivity contribution is 0.0740. The molecular weight excluding hydrogens is 205 g/mol. The molecule has 0 aliphatic carbocycles. The van der Waals surface area contributed by atoms with Crippen LogP contribution in [0.5, 0.6) is 0 Å². The molecule has 88 valence electrons. The van der Waals surface area contributed by atoms with Crippen molar-refractivity contribution in [2.45, 2.75) is 33.2 Å². The zero-order valence-corrected chi connectivity index (χ0v) is 10.2. The number of carbonyl (C=O) groups is 1. The van der Waals surface area contributed by atoms with Gasteiger partial charge < -0.3 is 4.90 Å². The van der Waals surface area contributed by atoms with Crippen molar-refractivity contribution in [3.05, 3.63) is 35.1 Å². The molecule has 2 nitrogen and oxygen atoms in total. The minimum Gasteiger partial charge on any atom is -0.339 e. The Hall–Kier alpha value is -1.38. The molecular formula is C13H18FNO. The largest absolute Gasteiger partial charge is 0.339 e. The lowest BCUT2D eigenvalue weighted by Gasteiger charge is -2.24. The van der Waals surface area contributed by atoms with Crippen LogP contribution in [0, 0.1) is 12.7 Å². The first-order chi connectivity index (χ1) is 7.47. The summed E-state index contributed by atoms with van der Waals surface area (Å²) >= 11 is 0. The molecule has 1 rings (SSSR count). The second-order valence-electron chi connectivity index (χ2n) is 4.14. The highest BCUT2D eigenvalue weighted by Gasteiger charge is 2.16. The maximum Gasteiger partial charge on any atom is 0.253 e. The van der Waals surface area contributed by atoms with E-state index in [-0.39, 0.29) is 17.8 Å². The molecule has 0 fully saturated rings. The van der Waals surface area contributed by atoms with E-state index < -0.39 is 0 Å². The van der Waals surface area contributed by atoms with Gasteiger partial charge in [-0.25, -0.2) is 4.39 Å². The Morgan fingerprint density at radius 2 is 2.12 bits per heavy atom. The smallest absolute Gasteiger partial charge is 0.253 e. The van der Waals surface area contributed by atoms with Gasteiger partial charge in [-0.2, -0.15) is 0 Å². The van der Waals surface area contributed by atoms with Gasteiger partial charge in [-0.15, -0.1) is 0 Å². The van der Waals surface area contributed by atoms with E-state index in [1.807, 2.05) is 13.8 Å². The Labute approximate surface area is 96.1 Å². The molecule has 3 heteroatoms. The Balaban J connectivity index is 2.92. The van der Waals surface area contributed by atoms with Crippen molar-refractivity contribution in [2.24, 2.45) is 0 Å². The van der Waals surface area contributed by atoms with Gasteiger partial charge >= 0.3 is 0 Å². The summed E-state index contributed by atoms with van der Waals surface area (Å²) in [5.41, 5.74) is 1.05. The average Bonchev–Trinajstić information content (AvgIpc) is 2.29. The molecule has 0 N–H and O–H groups in total. The van der Waals surface area contributed by atoms with Crippen LogP contribution in [0.4, 0.5) is 4.39 Å². The summed E-state index contributed by atoms with van der Waals surface area (Å²) in [6.45, 7) is 5.69. The first-order valence-corrected chi connectivity index (χ1v) is 5.50. The first kappa shape index (κ1) is 12.7. The van der Waals surface area contributed by atoms with Gasteiger partial charge in [-0.1, -0.05) is 6.92 Å². The van der Waals surface area contributed by atoms with Gasteiger partial charge in [0.15, 0.2) is 0 Å². The fourth-order valence-electron chi connectivity index (χ4n) is 1.46. The summed E-state index contributed by atoms with van der Waals surface area (Å²) in [5, 5.41) is 0. The van der Waals surface area contributed by atoms with Gasteiger partial charge in [0.1, 0.15) is 5.82 Å². The average molecular weight is 223 g/mol. The predicted molar refractivity (Wildman–Crippen MR) is 63.0 cm³/mol. The van der Waals surface area contributed by atoms with E-state index in [4.69, 9.17) is 0 Å². The molecule has 1 unspecified atom stereocenters. The summed E-state index contributed by atoms with van der Waals surface area (Å²) < 4.78 is 13.1. The highest BCUT2D eigenvalue weighted by molar-refractivity contribution is 5.94. The van der Waals surface area contributed by atoms with Crippen LogP contribution in [0.25, 0.3) is 0 Å². The van der Waals surface area contributed by atoms with Crippen LogP contribution in [-0.4, -0.2) is 23.9 Å². The van der Waals surface area contributed by atoms with E-state index in [0.717, 1.165) is 6.42 Å². The normalized spacial score (nSPS) is 12.3. The Morgan fingerprint density at radius 1 is 1.50 bits per heavy atom. The van der Waals surface area contributed by atoms with Crippen LogP contribution < -0.4 is 0 Å². The number of carbonyl (C=O) groups excluding carboxylic acids is 1. The lowest BCUT2D eigenvalue weighted by Crippen LogP contribution is -2.34. The monoisotopic (exact) mass is 223 g/mol. The molecule has 0 bridgehead atoms. The Kier molecular flexibility index (Phi) is 4.05. The molecule has 0 radical (unpaired) electrons. The zero-order valence-electron chi connectivity index (χ0n) is 10.2. The third kappa shape index (κ3) is 2.60. The fraction of sp³-hybridized carbons (Fsp3) is 0.462. The van der Waals surface area contributed by atoms with Crippen molar-refractivity contribution in [3.63, 3.8) is 0 Å². The second kappa shape index (κ2) is 5.10. The SMILES string of the molecule is CCC(C)N(C)C(=O)c1ccc(F)c(C)c1. The third-order valence-corrected chi connectivity index (χ3v) is 2.98. The first-order valence-electron chi connectivity index (χ1n) is 5.50. The Morgan fingerprint density at radius 3 is 2.62 bits per heavy atom. The number of amides is 1. The summed E-state index contributed by atoms with van der Waals surface area (Å²) in [6, 6.07) is 4.66. The molecule has 16 heavy (non-hydrogen) atoms. The molecule has 0 aliphatic heterocycles. The van der Waals surface area contributed by atoms with E-state index in [9.17, 15) is 9.18 Å². The van der Waals surface area contributed by atoms with Crippen LogP contribution >= 0.6 is 0 Å². The van der Waals surface area contributed by atoms with Crippen molar-refractivity contribution in [3.8, 4) is 0 Å². The van der Waals surface area contributed by atoms with Crippen molar-refractivity contribution in [1.29, 1.82) is 0 Å². The van der Waals surface area contributed by atoms with Gasteiger partial charge in [0.2, 0.25) is 0 Å². The number of aryl methyl sites for hydroxylation is 1. The van der Waals surface area contributed by atoms with Gasteiger partial charge in [0, 0.05) is 18.7 Å². The fourth-order valence-corrected chi connectivity index (χ4v) is 1.46. The number of rotatable bonds is 3. The van der Waals surface area contributed by atoms with E-state index in [0.29, 0.717) is 11.1 Å². The molecule has 0 saturated carbocycles. The van der Waals surface area contributed by atoms with Crippen molar-refractivity contribution >= 4 is 5.91 Å². The number of benzene rings is 1. The Bertz CT molecular complexity index is 390. The maximum absolute atomic E-state index is 13.1. The zero-order chi connectivity index (χ0) is 12.3. The summed E-state index contributed by atoms with van der Waals surface area (Å²) in [4.78, 5) is 13.7. The predicted octanol–water partition coefficient (Wildman–Crippen LogP) is 3.00. The van der Waals surface area contributed by atoms with Gasteiger partial charge in [0.05, 0.1) is 0 Å². The molecule has 0 aromatic heterocycles. The molecule has 0 aliphatic rings. The van der Waals surface area contributed by atoms with Crippen LogP contribution in [0.2, 0.25) is 0 Å². The van der Waals surface area contributed by atoms with E-state index in [1.165, 1.54) is 12.1 Å². The second-order valence-corrected chi connectivity index (χ2v) is 4.14. The van der Waals surface area contributed by atoms with Crippen molar-refractivity contribution in [2.75, 3.05) is 7.05 Å².